The van der Waals surface area contributed by atoms with Crippen molar-refractivity contribution in [1.82, 2.24) is 19.7 Å². The number of nitrogens with one attached hydrogen (secondary N) is 1. The Labute approximate surface area is 155 Å². The van der Waals surface area contributed by atoms with Gasteiger partial charge in [-0.05, 0) is 39.7 Å². The first-order valence-corrected chi connectivity index (χ1v) is 9.29. The molecule has 1 fully saturated rings. The molecule has 1 N–H and O–H groups in total. The van der Waals surface area contributed by atoms with E-state index in [0.717, 1.165) is 61.4 Å². The Kier molecular flexibility index (Phi) is 6.16. The Hall–Kier alpha value is -2.05. The summed E-state index contributed by atoms with van der Waals surface area (Å²) < 4.78 is 6.03. The Bertz CT molecular complexity index is 732. The van der Waals surface area contributed by atoms with Gasteiger partial charge in [-0.3, -0.25) is 4.79 Å². The van der Waals surface area contributed by atoms with Crippen molar-refractivity contribution in [3.8, 4) is 5.75 Å². The molecular formula is C20H29N4O2. The number of likely N-dealkylation sites (N-methyl/N-ethyl adjacent to an activating group) is 1. The Morgan fingerprint density at radius 1 is 1.27 bits per heavy atom. The molecule has 26 heavy (non-hydrogen) atoms. The molecule has 1 amide bonds. The van der Waals surface area contributed by atoms with Gasteiger partial charge in [0.05, 0.1) is 12.1 Å². The van der Waals surface area contributed by atoms with E-state index in [4.69, 9.17) is 4.74 Å². The largest absolute Gasteiger partial charge is 0.493 e. The molecule has 1 aliphatic rings. The minimum absolute atomic E-state index is 0.240. The standard InChI is InChI=1S/C20H29N4O2/c1-22(2)15-17-18(7-6-16-8-9-21-20(16)17)26-14-4-5-19(25)24-12-10-23(3)11-13-24/h6-7,9,21H,4-5,10-15H2,1-3H3. The lowest BCUT2D eigenvalue weighted by molar-refractivity contribution is -0.133. The zero-order valence-corrected chi connectivity index (χ0v) is 16.0. The number of nitrogens with zero attached hydrogens (tertiary/aromatic N) is 3. The molecule has 0 atom stereocenters. The van der Waals surface area contributed by atoms with Crippen LogP contribution in [0.4, 0.5) is 0 Å². The van der Waals surface area contributed by atoms with Gasteiger partial charge in [0, 0.05) is 62.4 Å². The SMILES string of the molecule is CN(C)Cc1c(OCCCC(=O)N2CCN(C)CC2)ccc2[c]c[nH]c12. The maximum atomic E-state index is 12.3. The van der Waals surface area contributed by atoms with E-state index < -0.39 is 0 Å². The second-order valence-electron chi connectivity index (χ2n) is 7.27. The van der Waals surface area contributed by atoms with Crippen LogP contribution < -0.4 is 4.74 Å². The van der Waals surface area contributed by atoms with Crippen molar-refractivity contribution in [2.24, 2.45) is 0 Å². The van der Waals surface area contributed by atoms with Crippen molar-refractivity contribution in [3.05, 3.63) is 30.0 Å². The van der Waals surface area contributed by atoms with Crippen molar-refractivity contribution in [1.29, 1.82) is 0 Å². The number of H-pyrrole nitrogens is 1. The number of benzene rings is 1. The van der Waals surface area contributed by atoms with Crippen molar-refractivity contribution in [2.75, 3.05) is 53.9 Å². The van der Waals surface area contributed by atoms with Gasteiger partial charge in [0.2, 0.25) is 5.91 Å². The van der Waals surface area contributed by atoms with E-state index in [1.54, 1.807) is 0 Å². The molecule has 0 bridgehead atoms. The second-order valence-corrected chi connectivity index (χ2v) is 7.27. The molecule has 3 rings (SSSR count). The highest BCUT2D eigenvalue weighted by Crippen LogP contribution is 2.28. The monoisotopic (exact) mass is 357 g/mol. The van der Waals surface area contributed by atoms with Gasteiger partial charge in [0.25, 0.3) is 0 Å². The summed E-state index contributed by atoms with van der Waals surface area (Å²) in [7, 11) is 6.19. The molecule has 0 saturated carbocycles. The van der Waals surface area contributed by atoms with Crippen LogP contribution in [-0.2, 0) is 11.3 Å². The van der Waals surface area contributed by atoms with Gasteiger partial charge in [-0.15, -0.1) is 0 Å². The number of aromatic nitrogens is 1. The predicted octanol–water partition coefficient (Wildman–Crippen LogP) is 1.96. The molecular weight excluding hydrogens is 328 g/mol. The number of rotatable bonds is 7. The van der Waals surface area contributed by atoms with E-state index in [-0.39, 0.29) is 5.91 Å². The normalized spacial score (nSPS) is 15.8. The molecule has 1 saturated heterocycles. The molecule has 0 aliphatic carbocycles. The van der Waals surface area contributed by atoms with Crippen LogP contribution in [0.5, 0.6) is 5.75 Å². The third-order valence-corrected chi connectivity index (χ3v) is 4.84. The van der Waals surface area contributed by atoms with Crippen molar-refractivity contribution in [2.45, 2.75) is 19.4 Å². The van der Waals surface area contributed by atoms with E-state index in [1.807, 2.05) is 37.3 Å². The van der Waals surface area contributed by atoms with E-state index in [1.165, 1.54) is 0 Å². The lowest BCUT2D eigenvalue weighted by Crippen LogP contribution is -2.47. The van der Waals surface area contributed by atoms with E-state index in [9.17, 15) is 4.79 Å². The highest BCUT2D eigenvalue weighted by molar-refractivity contribution is 5.84. The van der Waals surface area contributed by atoms with Gasteiger partial charge in [0.15, 0.2) is 0 Å². The summed E-state index contributed by atoms with van der Waals surface area (Å²) in [6.07, 6.45) is 3.12. The number of fused-ring (bicyclic) bond motifs is 1. The lowest BCUT2D eigenvalue weighted by atomic mass is 10.1. The first-order valence-electron chi connectivity index (χ1n) is 9.29. The highest BCUT2D eigenvalue weighted by atomic mass is 16.5. The Morgan fingerprint density at radius 2 is 2.04 bits per heavy atom. The summed E-state index contributed by atoms with van der Waals surface area (Å²) in [5.74, 6) is 1.12. The topological polar surface area (TPSA) is 51.8 Å². The van der Waals surface area contributed by atoms with Crippen LogP contribution in [0, 0.1) is 6.07 Å². The van der Waals surface area contributed by atoms with Gasteiger partial charge in [-0.25, -0.2) is 0 Å². The molecule has 1 aromatic carbocycles. The zero-order chi connectivity index (χ0) is 18.5. The van der Waals surface area contributed by atoms with Crippen LogP contribution in [0.3, 0.4) is 0 Å². The summed E-state index contributed by atoms with van der Waals surface area (Å²) in [4.78, 5) is 21.9. The van der Waals surface area contributed by atoms with Crippen LogP contribution >= 0.6 is 0 Å². The van der Waals surface area contributed by atoms with Crippen molar-refractivity contribution < 1.29 is 9.53 Å². The molecule has 1 radical (unpaired) electrons. The van der Waals surface area contributed by atoms with Crippen LogP contribution in [0.15, 0.2) is 18.3 Å². The maximum absolute atomic E-state index is 12.3. The van der Waals surface area contributed by atoms with Crippen LogP contribution in [0.1, 0.15) is 18.4 Å². The summed E-state index contributed by atoms with van der Waals surface area (Å²) >= 11 is 0. The van der Waals surface area contributed by atoms with E-state index in [2.05, 4.69) is 27.9 Å². The van der Waals surface area contributed by atoms with Crippen LogP contribution in [-0.4, -0.2) is 79.5 Å². The highest BCUT2D eigenvalue weighted by Gasteiger charge is 2.18. The average Bonchev–Trinajstić information content (AvgIpc) is 3.09. The molecule has 0 unspecified atom stereocenters. The minimum atomic E-state index is 0.240. The van der Waals surface area contributed by atoms with Crippen molar-refractivity contribution in [3.63, 3.8) is 0 Å². The fraction of sp³-hybridized carbons (Fsp3) is 0.550. The molecule has 141 valence electrons. The molecule has 6 nitrogen and oxygen atoms in total. The van der Waals surface area contributed by atoms with Gasteiger partial charge >= 0.3 is 0 Å². The number of carbonyl (C=O) groups excluding carboxylic acids is 1. The Balaban J connectivity index is 1.54. The smallest absolute Gasteiger partial charge is 0.222 e. The molecule has 0 spiro atoms. The second kappa shape index (κ2) is 8.56. The predicted molar refractivity (Wildman–Crippen MR) is 103 cm³/mol. The fourth-order valence-corrected chi connectivity index (χ4v) is 3.33. The Morgan fingerprint density at radius 3 is 2.77 bits per heavy atom. The average molecular weight is 357 g/mol. The first-order chi connectivity index (χ1) is 12.5. The molecule has 1 aromatic heterocycles. The summed E-state index contributed by atoms with van der Waals surface area (Å²) in [5.41, 5.74) is 2.21. The lowest BCUT2D eigenvalue weighted by Gasteiger charge is -2.32. The fourth-order valence-electron chi connectivity index (χ4n) is 3.33. The van der Waals surface area contributed by atoms with E-state index in [0.29, 0.717) is 13.0 Å². The molecule has 6 heteroatoms. The summed E-state index contributed by atoms with van der Waals surface area (Å²) in [6.45, 7) is 4.94. The number of hydrogen-bond donors (Lipinski definition) is 1. The molecule has 2 heterocycles. The summed E-state index contributed by atoms with van der Waals surface area (Å²) in [6, 6.07) is 7.23. The number of aromatic amines is 1. The number of hydrogen-bond acceptors (Lipinski definition) is 4. The maximum Gasteiger partial charge on any atom is 0.222 e. The minimum Gasteiger partial charge on any atom is -0.493 e. The number of amides is 1. The van der Waals surface area contributed by atoms with Gasteiger partial charge < -0.3 is 24.4 Å². The third-order valence-electron chi connectivity index (χ3n) is 4.84. The number of piperazine rings is 1. The quantitative estimate of drug-likeness (QED) is 0.770. The van der Waals surface area contributed by atoms with Gasteiger partial charge in [0.1, 0.15) is 5.75 Å². The van der Waals surface area contributed by atoms with Gasteiger partial charge in [-0.2, -0.15) is 0 Å². The molecule has 2 aromatic rings. The number of ether oxygens (including phenoxy) is 1. The zero-order valence-electron chi connectivity index (χ0n) is 16.0. The number of carbonyl (C=O) groups is 1. The van der Waals surface area contributed by atoms with E-state index >= 15 is 0 Å². The van der Waals surface area contributed by atoms with Crippen molar-refractivity contribution >= 4 is 16.8 Å². The van der Waals surface area contributed by atoms with Crippen LogP contribution in [0.2, 0.25) is 0 Å². The van der Waals surface area contributed by atoms with Crippen LogP contribution in [0.25, 0.3) is 10.9 Å². The third kappa shape index (κ3) is 4.56. The summed E-state index contributed by atoms with van der Waals surface area (Å²) in [5, 5.41) is 1.07. The first kappa shape index (κ1) is 18.7. The molecule has 1 aliphatic heterocycles. The van der Waals surface area contributed by atoms with Gasteiger partial charge in [-0.1, -0.05) is 0 Å².